The molecule has 3 nitrogen and oxygen atoms in total. The fraction of sp³-hybridized carbons (Fsp3) is 0.200. The van der Waals surface area contributed by atoms with Gasteiger partial charge in [0.2, 0.25) is 5.91 Å². The first-order valence-electron chi connectivity index (χ1n) is 8.24. The summed E-state index contributed by atoms with van der Waals surface area (Å²) in [6.07, 6.45) is 0.985. The van der Waals surface area contributed by atoms with Gasteiger partial charge in [-0.2, -0.15) is 0 Å². The van der Waals surface area contributed by atoms with Gasteiger partial charge in [-0.1, -0.05) is 36.4 Å². The van der Waals surface area contributed by atoms with Gasteiger partial charge in [-0.25, -0.2) is 9.37 Å². The number of nitrogens with zero attached hydrogens (tertiary/aromatic N) is 1. The van der Waals surface area contributed by atoms with Crippen molar-refractivity contribution in [2.24, 2.45) is 0 Å². The van der Waals surface area contributed by atoms with Crippen molar-refractivity contribution in [3.8, 4) is 0 Å². The maximum absolute atomic E-state index is 13.2. The van der Waals surface area contributed by atoms with Crippen LogP contribution in [0.2, 0.25) is 5.02 Å². The molecule has 0 saturated carbocycles. The Bertz CT molecular complexity index is 977. The Labute approximate surface area is 161 Å². The number of anilines is 1. The van der Waals surface area contributed by atoms with Crippen LogP contribution in [0.5, 0.6) is 0 Å². The number of aryl methyl sites for hydroxylation is 2. The minimum Gasteiger partial charge on any atom is -0.325 e. The Kier molecular flexibility index (Phi) is 5.79. The second kappa shape index (κ2) is 8.06. The number of hydrogen-bond acceptors (Lipinski definition) is 3. The molecule has 2 aromatic carbocycles. The molecule has 0 saturated heterocycles. The SMILES string of the molecule is CCc1ccc2nc(SCC(=O)Nc3ccc(F)c(Cl)c3)c(C)cc2c1. The maximum atomic E-state index is 13.2. The third kappa shape index (κ3) is 4.34. The smallest absolute Gasteiger partial charge is 0.234 e. The molecule has 26 heavy (non-hydrogen) atoms. The Morgan fingerprint density at radius 2 is 2.04 bits per heavy atom. The van der Waals surface area contributed by atoms with E-state index in [0.717, 1.165) is 27.9 Å². The summed E-state index contributed by atoms with van der Waals surface area (Å²) in [5, 5.41) is 4.63. The van der Waals surface area contributed by atoms with Gasteiger partial charge in [-0.15, -0.1) is 0 Å². The average molecular weight is 389 g/mol. The summed E-state index contributed by atoms with van der Waals surface area (Å²) < 4.78 is 13.2. The standard InChI is InChI=1S/C20H18ClFN2OS/c1-3-13-4-7-18-14(9-13)8-12(2)20(24-18)26-11-19(25)23-15-5-6-17(22)16(21)10-15/h4-10H,3,11H2,1-2H3,(H,23,25). The number of pyridine rings is 1. The maximum Gasteiger partial charge on any atom is 0.234 e. The monoisotopic (exact) mass is 388 g/mol. The average Bonchev–Trinajstić information content (AvgIpc) is 2.62. The van der Waals surface area contributed by atoms with Crippen LogP contribution in [0.4, 0.5) is 10.1 Å². The van der Waals surface area contributed by atoms with E-state index in [1.54, 1.807) is 0 Å². The predicted octanol–water partition coefficient (Wildman–Crippen LogP) is 5.63. The molecule has 0 unspecified atom stereocenters. The van der Waals surface area contributed by atoms with Crippen LogP contribution >= 0.6 is 23.4 Å². The fourth-order valence-corrected chi connectivity index (χ4v) is 3.55. The molecule has 0 spiro atoms. The van der Waals surface area contributed by atoms with Gasteiger partial charge in [0, 0.05) is 11.1 Å². The molecular weight excluding hydrogens is 371 g/mol. The van der Waals surface area contributed by atoms with Gasteiger partial charge in [-0.05, 0) is 60.9 Å². The van der Waals surface area contributed by atoms with Crippen molar-refractivity contribution in [1.29, 1.82) is 0 Å². The third-order valence-corrected chi connectivity index (χ3v) is 5.36. The van der Waals surface area contributed by atoms with Crippen LogP contribution in [0.1, 0.15) is 18.1 Å². The van der Waals surface area contributed by atoms with E-state index in [2.05, 4.69) is 35.4 Å². The van der Waals surface area contributed by atoms with E-state index in [4.69, 9.17) is 11.6 Å². The summed E-state index contributed by atoms with van der Waals surface area (Å²) in [5.74, 6) is -0.497. The summed E-state index contributed by atoms with van der Waals surface area (Å²) in [7, 11) is 0. The van der Waals surface area contributed by atoms with Gasteiger partial charge >= 0.3 is 0 Å². The molecule has 0 aliphatic carbocycles. The summed E-state index contributed by atoms with van der Waals surface area (Å²) in [6.45, 7) is 4.11. The molecule has 134 valence electrons. The number of carbonyl (C=O) groups excluding carboxylic acids is 1. The Morgan fingerprint density at radius 3 is 2.77 bits per heavy atom. The molecule has 3 aromatic rings. The number of aromatic nitrogens is 1. The van der Waals surface area contributed by atoms with Crippen LogP contribution in [0.3, 0.4) is 0 Å². The van der Waals surface area contributed by atoms with Crippen LogP contribution in [0, 0.1) is 12.7 Å². The topological polar surface area (TPSA) is 42.0 Å². The molecule has 1 aromatic heterocycles. The Balaban J connectivity index is 1.69. The van der Waals surface area contributed by atoms with Gasteiger partial charge in [0.25, 0.3) is 0 Å². The van der Waals surface area contributed by atoms with Crippen molar-refractivity contribution in [2.75, 3.05) is 11.1 Å². The number of nitrogens with one attached hydrogen (secondary N) is 1. The number of amides is 1. The van der Waals surface area contributed by atoms with Crippen LogP contribution in [-0.4, -0.2) is 16.6 Å². The number of halogens is 2. The third-order valence-electron chi connectivity index (χ3n) is 3.97. The predicted molar refractivity (Wildman–Crippen MR) is 107 cm³/mol. The highest BCUT2D eigenvalue weighted by Crippen LogP contribution is 2.26. The molecule has 0 fully saturated rings. The molecule has 1 heterocycles. The van der Waals surface area contributed by atoms with E-state index in [0.29, 0.717) is 5.69 Å². The highest BCUT2D eigenvalue weighted by Gasteiger charge is 2.10. The lowest BCUT2D eigenvalue weighted by Crippen LogP contribution is -2.14. The number of fused-ring (bicyclic) bond motifs is 1. The second-order valence-electron chi connectivity index (χ2n) is 5.96. The van der Waals surface area contributed by atoms with Crippen molar-refractivity contribution >= 4 is 45.9 Å². The minimum atomic E-state index is -0.513. The van der Waals surface area contributed by atoms with E-state index < -0.39 is 5.82 Å². The van der Waals surface area contributed by atoms with Crippen LogP contribution < -0.4 is 5.32 Å². The lowest BCUT2D eigenvalue weighted by atomic mass is 10.1. The summed E-state index contributed by atoms with van der Waals surface area (Å²) in [5.41, 5.74) is 3.70. The van der Waals surface area contributed by atoms with Crippen molar-refractivity contribution in [1.82, 2.24) is 4.98 Å². The van der Waals surface area contributed by atoms with Gasteiger partial charge < -0.3 is 5.32 Å². The Hall–Kier alpha value is -2.11. The van der Waals surface area contributed by atoms with Crippen molar-refractivity contribution < 1.29 is 9.18 Å². The number of hydrogen-bond donors (Lipinski definition) is 1. The lowest BCUT2D eigenvalue weighted by Gasteiger charge is -2.09. The molecule has 0 aliphatic heterocycles. The molecule has 0 atom stereocenters. The van der Waals surface area contributed by atoms with Gasteiger partial charge in [-0.3, -0.25) is 4.79 Å². The summed E-state index contributed by atoms with van der Waals surface area (Å²) >= 11 is 7.10. The van der Waals surface area contributed by atoms with Crippen molar-refractivity contribution in [2.45, 2.75) is 25.3 Å². The molecule has 3 rings (SSSR count). The van der Waals surface area contributed by atoms with E-state index >= 15 is 0 Å². The largest absolute Gasteiger partial charge is 0.325 e. The quantitative estimate of drug-likeness (QED) is 0.576. The van der Waals surface area contributed by atoms with E-state index in [1.807, 2.05) is 13.0 Å². The first-order valence-corrected chi connectivity index (χ1v) is 9.60. The zero-order valence-electron chi connectivity index (χ0n) is 14.5. The van der Waals surface area contributed by atoms with Gasteiger partial charge in [0.15, 0.2) is 0 Å². The van der Waals surface area contributed by atoms with Gasteiger partial charge in [0.1, 0.15) is 10.8 Å². The lowest BCUT2D eigenvalue weighted by molar-refractivity contribution is -0.113. The van der Waals surface area contributed by atoms with Crippen molar-refractivity contribution in [3.05, 3.63) is 64.4 Å². The van der Waals surface area contributed by atoms with E-state index in [9.17, 15) is 9.18 Å². The highest BCUT2D eigenvalue weighted by molar-refractivity contribution is 8.00. The number of thioether (sulfide) groups is 1. The number of benzene rings is 2. The van der Waals surface area contributed by atoms with Crippen LogP contribution in [0.15, 0.2) is 47.5 Å². The second-order valence-corrected chi connectivity index (χ2v) is 7.33. The minimum absolute atomic E-state index is 0.0195. The van der Waals surface area contributed by atoms with Gasteiger partial charge in [0.05, 0.1) is 16.3 Å². The molecule has 0 bridgehead atoms. The summed E-state index contributed by atoms with van der Waals surface area (Å²) in [6, 6.07) is 12.4. The van der Waals surface area contributed by atoms with Crippen LogP contribution in [0.25, 0.3) is 10.9 Å². The normalized spacial score (nSPS) is 10.9. The zero-order chi connectivity index (χ0) is 18.7. The first kappa shape index (κ1) is 18.7. The molecular formula is C20H18ClFN2OS. The summed E-state index contributed by atoms with van der Waals surface area (Å²) in [4.78, 5) is 16.8. The fourth-order valence-electron chi connectivity index (χ4n) is 2.58. The first-order chi connectivity index (χ1) is 12.5. The molecule has 1 amide bonds. The zero-order valence-corrected chi connectivity index (χ0v) is 16.0. The number of rotatable bonds is 5. The Morgan fingerprint density at radius 1 is 1.23 bits per heavy atom. The van der Waals surface area contributed by atoms with E-state index in [1.165, 1.54) is 35.5 Å². The highest BCUT2D eigenvalue weighted by atomic mass is 35.5. The molecule has 6 heteroatoms. The molecule has 0 aliphatic rings. The molecule has 1 N–H and O–H groups in total. The van der Waals surface area contributed by atoms with Crippen molar-refractivity contribution in [3.63, 3.8) is 0 Å². The molecule has 0 radical (unpaired) electrons. The van der Waals surface area contributed by atoms with E-state index in [-0.39, 0.29) is 16.7 Å². The number of carbonyl (C=O) groups is 1. The van der Waals surface area contributed by atoms with Crippen LogP contribution in [-0.2, 0) is 11.2 Å².